The van der Waals surface area contributed by atoms with Crippen LogP contribution in [-0.2, 0) is 9.53 Å². The van der Waals surface area contributed by atoms with Gasteiger partial charge in [0.05, 0.1) is 5.92 Å². The maximum atomic E-state index is 12.7. The van der Waals surface area contributed by atoms with Crippen molar-refractivity contribution < 1.29 is 13.9 Å². The minimum atomic E-state index is -0.771. The molecule has 2 saturated carbocycles. The Kier molecular flexibility index (Phi) is 8.18. The first-order valence-electron chi connectivity index (χ1n) is 9.77. The van der Waals surface area contributed by atoms with E-state index in [2.05, 4.69) is 6.92 Å². The molecule has 2 rings (SSSR count). The largest absolute Gasteiger partial charge is 0.462 e. The zero-order chi connectivity index (χ0) is 18.1. The van der Waals surface area contributed by atoms with Gasteiger partial charge >= 0.3 is 5.97 Å². The predicted molar refractivity (Wildman–Crippen MR) is 96.1 cm³/mol. The van der Waals surface area contributed by atoms with E-state index < -0.39 is 5.83 Å². The second-order valence-electron chi connectivity index (χ2n) is 7.49. The minimum Gasteiger partial charge on any atom is -0.462 e. The molecule has 0 radical (unpaired) electrons. The quantitative estimate of drug-likeness (QED) is 0.355. The lowest BCUT2D eigenvalue weighted by Crippen LogP contribution is -2.29. The topological polar surface area (TPSA) is 50.1 Å². The van der Waals surface area contributed by atoms with Crippen molar-refractivity contribution in [1.82, 2.24) is 0 Å². The van der Waals surface area contributed by atoms with Crippen molar-refractivity contribution in [3.8, 4) is 6.07 Å². The van der Waals surface area contributed by atoms with Crippen LogP contribution in [-0.4, -0.2) is 12.1 Å². The van der Waals surface area contributed by atoms with Crippen LogP contribution in [0, 0.1) is 29.1 Å². The maximum Gasteiger partial charge on any atom is 0.309 e. The number of carbonyl (C=O) groups is 1. The van der Waals surface area contributed by atoms with E-state index in [1.54, 1.807) is 6.08 Å². The molecule has 0 aromatic carbocycles. The molecule has 0 aromatic heterocycles. The molecule has 0 unspecified atom stereocenters. The molecule has 0 spiro atoms. The second-order valence-corrected chi connectivity index (χ2v) is 7.49. The number of esters is 1. The average Bonchev–Trinajstić information content (AvgIpc) is 2.64. The van der Waals surface area contributed by atoms with Gasteiger partial charge in [0, 0.05) is 0 Å². The molecule has 0 N–H and O–H groups in total. The van der Waals surface area contributed by atoms with E-state index in [1.807, 2.05) is 6.08 Å². The standard InChI is InChI=1S/C21H30FNO2/c1-2-4-16-7-11-18(12-8-16)21(24)25-20-13-9-17(10-14-20)5-3-6-19(22)15-23/h3,5-6,16-18,20H,2,4,7-14H2,1H3/b5-3+,19-6?/t16-,17?,18-,20?. The summed E-state index contributed by atoms with van der Waals surface area (Å²) in [5.74, 6) is 0.517. The van der Waals surface area contributed by atoms with Crippen LogP contribution in [0.25, 0.3) is 0 Å². The molecule has 2 fully saturated rings. The summed E-state index contributed by atoms with van der Waals surface area (Å²) < 4.78 is 18.5. The summed E-state index contributed by atoms with van der Waals surface area (Å²) in [4.78, 5) is 12.4. The lowest BCUT2D eigenvalue weighted by Gasteiger charge is -2.31. The van der Waals surface area contributed by atoms with Gasteiger partial charge in [-0.2, -0.15) is 9.65 Å². The molecule has 0 saturated heterocycles. The van der Waals surface area contributed by atoms with E-state index in [9.17, 15) is 9.18 Å². The van der Waals surface area contributed by atoms with E-state index >= 15 is 0 Å². The SMILES string of the molecule is CCC[C@H]1CC[C@H](C(=O)OC2CCC(/C=C/C=C(F)C#N)CC2)CC1. The molecule has 0 aliphatic heterocycles. The van der Waals surface area contributed by atoms with E-state index in [4.69, 9.17) is 10.00 Å². The summed E-state index contributed by atoms with van der Waals surface area (Å²) in [5.41, 5.74) is 0. The molecule has 4 heteroatoms. The molecular formula is C21H30FNO2. The molecule has 0 aromatic rings. The molecular weight excluding hydrogens is 317 g/mol. The smallest absolute Gasteiger partial charge is 0.309 e. The van der Waals surface area contributed by atoms with Gasteiger partial charge in [-0.25, -0.2) is 0 Å². The molecule has 2 aliphatic carbocycles. The number of ether oxygens (including phenoxy) is 1. The normalized spacial score (nSPS) is 30.8. The van der Waals surface area contributed by atoms with Gasteiger partial charge in [0.1, 0.15) is 12.2 Å². The van der Waals surface area contributed by atoms with Gasteiger partial charge in [-0.05, 0) is 69.3 Å². The van der Waals surface area contributed by atoms with E-state index in [-0.39, 0.29) is 18.0 Å². The summed E-state index contributed by atoms with van der Waals surface area (Å²) in [5, 5.41) is 8.36. The Bertz CT molecular complexity index is 519. The van der Waals surface area contributed by atoms with Gasteiger partial charge in [-0.3, -0.25) is 4.79 Å². The first kappa shape index (κ1) is 19.7. The molecule has 25 heavy (non-hydrogen) atoms. The maximum absolute atomic E-state index is 12.7. The monoisotopic (exact) mass is 347 g/mol. The van der Waals surface area contributed by atoms with Crippen LogP contribution in [0.3, 0.4) is 0 Å². The summed E-state index contributed by atoms with van der Waals surface area (Å²) >= 11 is 0. The van der Waals surface area contributed by atoms with Crippen molar-refractivity contribution >= 4 is 5.97 Å². The van der Waals surface area contributed by atoms with Gasteiger partial charge in [0.2, 0.25) is 0 Å². The Hall–Kier alpha value is -1.63. The third-order valence-corrected chi connectivity index (χ3v) is 5.61. The van der Waals surface area contributed by atoms with Gasteiger partial charge in [0.15, 0.2) is 5.83 Å². The third-order valence-electron chi connectivity index (χ3n) is 5.61. The van der Waals surface area contributed by atoms with Crippen molar-refractivity contribution in [2.75, 3.05) is 0 Å². The lowest BCUT2D eigenvalue weighted by molar-refractivity contribution is -0.157. The van der Waals surface area contributed by atoms with Crippen molar-refractivity contribution in [2.24, 2.45) is 17.8 Å². The molecule has 0 heterocycles. The van der Waals surface area contributed by atoms with Gasteiger partial charge < -0.3 is 4.74 Å². The summed E-state index contributed by atoms with van der Waals surface area (Å²) in [6.07, 6.45) is 15.2. The average molecular weight is 347 g/mol. The minimum absolute atomic E-state index is 0.00738. The number of rotatable bonds is 6. The van der Waals surface area contributed by atoms with Gasteiger partial charge in [-0.1, -0.05) is 31.9 Å². The fourth-order valence-corrected chi connectivity index (χ4v) is 4.09. The Morgan fingerprint density at radius 2 is 1.84 bits per heavy atom. The zero-order valence-electron chi connectivity index (χ0n) is 15.3. The first-order chi connectivity index (χ1) is 12.1. The summed E-state index contributed by atoms with van der Waals surface area (Å²) in [6.45, 7) is 2.22. The fraction of sp³-hybridized carbons (Fsp3) is 0.714. The Morgan fingerprint density at radius 3 is 2.44 bits per heavy atom. The number of hydrogen-bond acceptors (Lipinski definition) is 3. The highest BCUT2D eigenvalue weighted by atomic mass is 19.1. The molecule has 0 amide bonds. The van der Waals surface area contributed by atoms with Gasteiger partial charge in [-0.15, -0.1) is 0 Å². The summed E-state index contributed by atoms with van der Waals surface area (Å²) in [7, 11) is 0. The molecule has 0 bridgehead atoms. The highest BCUT2D eigenvalue weighted by molar-refractivity contribution is 5.72. The van der Waals surface area contributed by atoms with Crippen molar-refractivity contribution in [1.29, 1.82) is 5.26 Å². The number of carbonyl (C=O) groups excluding carboxylic acids is 1. The van der Waals surface area contributed by atoms with Crippen molar-refractivity contribution in [2.45, 2.75) is 77.2 Å². The highest BCUT2D eigenvalue weighted by Crippen LogP contribution is 2.34. The Morgan fingerprint density at radius 1 is 1.16 bits per heavy atom. The third kappa shape index (κ3) is 6.65. The second kappa shape index (κ2) is 10.4. The summed E-state index contributed by atoms with van der Waals surface area (Å²) in [6, 6.07) is 1.46. The Balaban J connectivity index is 1.68. The predicted octanol–water partition coefficient (Wildman–Crippen LogP) is 5.63. The van der Waals surface area contributed by atoms with Crippen LogP contribution in [0.2, 0.25) is 0 Å². The Labute approximate surface area is 150 Å². The van der Waals surface area contributed by atoms with E-state index in [0.717, 1.165) is 57.3 Å². The van der Waals surface area contributed by atoms with Crippen molar-refractivity contribution in [3.05, 3.63) is 24.1 Å². The van der Waals surface area contributed by atoms with Crippen LogP contribution in [0.5, 0.6) is 0 Å². The molecule has 3 nitrogen and oxygen atoms in total. The first-order valence-corrected chi connectivity index (χ1v) is 9.77. The number of halogens is 1. The number of nitriles is 1. The van der Waals surface area contributed by atoms with Crippen molar-refractivity contribution in [3.63, 3.8) is 0 Å². The van der Waals surface area contributed by atoms with E-state index in [0.29, 0.717) is 5.92 Å². The molecule has 2 aliphatic rings. The van der Waals surface area contributed by atoms with Crippen LogP contribution < -0.4 is 0 Å². The lowest BCUT2D eigenvalue weighted by atomic mass is 9.80. The highest BCUT2D eigenvalue weighted by Gasteiger charge is 2.30. The number of allylic oxidation sites excluding steroid dienone is 4. The number of nitrogens with zero attached hydrogens (tertiary/aromatic N) is 1. The van der Waals surface area contributed by atoms with Crippen LogP contribution in [0.1, 0.15) is 71.1 Å². The van der Waals surface area contributed by atoms with Crippen LogP contribution in [0.15, 0.2) is 24.1 Å². The number of hydrogen-bond donors (Lipinski definition) is 0. The zero-order valence-corrected chi connectivity index (χ0v) is 15.3. The van der Waals surface area contributed by atoms with Crippen LogP contribution >= 0.6 is 0 Å². The van der Waals surface area contributed by atoms with Crippen LogP contribution in [0.4, 0.5) is 4.39 Å². The fourth-order valence-electron chi connectivity index (χ4n) is 4.09. The van der Waals surface area contributed by atoms with E-state index in [1.165, 1.54) is 25.0 Å². The molecule has 138 valence electrons. The molecule has 0 atom stereocenters. The van der Waals surface area contributed by atoms with Gasteiger partial charge in [0.25, 0.3) is 0 Å².